The Hall–Kier alpha value is -1.31. The van der Waals surface area contributed by atoms with Gasteiger partial charge in [-0.1, -0.05) is 53.0 Å². The summed E-state index contributed by atoms with van der Waals surface area (Å²) in [6.07, 6.45) is 6.63. The lowest BCUT2D eigenvalue weighted by Crippen LogP contribution is -2.26. The highest BCUT2D eigenvalue weighted by Gasteiger charge is 2.33. The van der Waals surface area contributed by atoms with E-state index in [1.54, 1.807) is 0 Å². The summed E-state index contributed by atoms with van der Waals surface area (Å²) in [4.78, 5) is 11.3. The Morgan fingerprint density at radius 3 is 2.25 bits per heavy atom. The van der Waals surface area contributed by atoms with E-state index in [0.717, 1.165) is 30.3 Å². The molecule has 110 valence electrons. The largest absolute Gasteiger partial charge is 0.507 e. The summed E-state index contributed by atoms with van der Waals surface area (Å²) in [5.41, 5.74) is 2.50. The smallest absolute Gasteiger partial charge is 0.153 e. The number of phenolic OH excluding ortho intramolecular Hbond substituents is 1. The van der Waals surface area contributed by atoms with E-state index in [0.29, 0.717) is 5.56 Å². The van der Waals surface area contributed by atoms with E-state index in [1.165, 1.54) is 19.3 Å². The van der Waals surface area contributed by atoms with Crippen LogP contribution in [0.25, 0.3) is 0 Å². The number of benzene rings is 1. The third-order valence-corrected chi connectivity index (χ3v) is 4.74. The Labute approximate surface area is 122 Å². The molecule has 2 rings (SSSR count). The molecule has 1 fully saturated rings. The zero-order chi connectivity index (χ0) is 15.0. The van der Waals surface area contributed by atoms with Crippen molar-refractivity contribution in [2.75, 3.05) is 0 Å². The molecular weight excluding hydrogens is 248 g/mol. The first-order valence-electron chi connectivity index (χ1n) is 7.61. The molecule has 2 heteroatoms. The number of rotatable bonds is 2. The van der Waals surface area contributed by atoms with E-state index in [4.69, 9.17) is 0 Å². The van der Waals surface area contributed by atoms with Crippen molar-refractivity contribution in [3.8, 4) is 5.75 Å². The Morgan fingerprint density at radius 1 is 1.15 bits per heavy atom. The molecule has 1 aromatic rings. The highest BCUT2D eigenvalue weighted by atomic mass is 16.3. The van der Waals surface area contributed by atoms with Gasteiger partial charge in [0.1, 0.15) is 5.75 Å². The monoisotopic (exact) mass is 274 g/mol. The Balaban J connectivity index is 2.59. The van der Waals surface area contributed by atoms with Crippen LogP contribution in [-0.2, 0) is 10.8 Å². The van der Waals surface area contributed by atoms with Crippen LogP contribution >= 0.6 is 0 Å². The molecule has 0 unspecified atom stereocenters. The van der Waals surface area contributed by atoms with Crippen LogP contribution in [0.1, 0.15) is 81.3 Å². The van der Waals surface area contributed by atoms with Crippen molar-refractivity contribution in [3.63, 3.8) is 0 Å². The quantitative estimate of drug-likeness (QED) is 0.792. The zero-order valence-electron chi connectivity index (χ0n) is 13.1. The maximum Gasteiger partial charge on any atom is 0.153 e. The van der Waals surface area contributed by atoms with Crippen LogP contribution in [0.15, 0.2) is 12.1 Å². The van der Waals surface area contributed by atoms with Crippen molar-refractivity contribution < 1.29 is 9.90 Å². The number of aldehydes is 1. The summed E-state index contributed by atoms with van der Waals surface area (Å²) in [6, 6.07) is 3.95. The number of hydrogen-bond donors (Lipinski definition) is 1. The van der Waals surface area contributed by atoms with E-state index in [-0.39, 0.29) is 16.6 Å². The Morgan fingerprint density at radius 2 is 1.75 bits per heavy atom. The number of carbonyl (C=O) groups excluding carboxylic acids is 1. The number of hydrogen-bond acceptors (Lipinski definition) is 2. The second-order valence-electron chi connectivity index (χ2n) is 7.45. The van der Waals surface area contributed by atoms with E-state index in [2.05, 4.69) is 33.8 Å². The van der Waals surface area contributed by atoms with Gasteiger partial charge in [-0.2, -0.15) is 0 Å². The van der Waals surface area contributed by atoms with E-state index >= 15 is 0 Å². The molecule has 1 aromatic carbocycles. The molecule has 0 bridgehead atoms. The van der Waals surface area contributed by atoms with Crippen LogP contribution in [0.5, 0.6) is 5.75 Å². The van der Waals surface area contributed by atoms with Crippen molar-refractivity contribution in [1.82, 2.24) is 0 Å². The van der Waals surface area contributed by atoms with Crippen molar-refractivity contribution >= 4 is 6.29 Å². The van der Waals surface area contributed by atoms with Crippen LogP contribution < -0.4 is 0 Å². The summed E-state index contributed by atoms with van der Waals surface area (Å²) in [7, 11) is 0. The van der Waals surface area contributed by atoms with Gasteiger partial charge in [0.15, 0.2) is 6.29 Å². The minimum Gasteiger partial charge on any atom is -0.507 e. The lowest BCUT2D eigenvalue weighted by atomic mass is 9.69. The van der Waals surface area contributed by atoms with Gasteiger partial charge in [-0.05, 0) is 35.3 Å². The van der Waals surface area contributed by atoms with Gasteiger partial charge in [0, 0.05) is 5.56 Å². The molecule has 0 spiro atoms. The van der Waals surface area contributed by atoms with Crippen molar-refractivity contribution in [2.24, 2.45) is 0 Å². The normalized spacial score (nSPS) is 18.8. The molecule has 0 atom stereocenters. The van der Waals surface area contributed by atoms with Gasteiger partial charge >= 0.3 is 0 Å². The molecule has 0 radical (unpaired) electrons. The third-order valence-electron chi connectivity index (χ3n) is 4.74. The highest BCUT2D eigenvalue weighted by molar-refractivity contribution is 5.81. The standard InChI is InChI=1S/C18H26O2/c1-17(2,3)14-10-13(12-19)16(20)15(11-14)18(4)8-6-5-7-9-18/h10-12,20H,5-9H2,1-4H3. The van der Waals surface area contributed by atoms with Crippen LogP contribution in [0.4, 0.5) is 0 Å². The van der Waals surface area contributed by atoms with Crippen LogP contribution in [0.3, 0.4) is 0 Å². The number of carbonyl (C=O) groups is 1. The number of aromatic hydroxyl groups is 1. The minimum absolute atomic E-state index is 0.00134. The fraction of sp³-hybridized carbons (Fsp3) is 0.611. The first kappa shape index (κ1) is 15.1. The van der Waals surface area contributed by atoms with Gasteiger partial charge in [0.05, 0.1) is 5.56 Å². The Bertz CT molecular complexity index is 503. The molecule has 0 aromatic heterocycles. The van der Waals surface area contributed by atoms with Crippen LogP contribution in [-0.4, -0.2) is 11.4 Å². The van der Waals surface area contributed by atoms with Crippen molar-refractivity contribution in [2.45, 2.75) is 70.6 Å². The molecule has 2 nitrogen and oxygen atoms in total. The molecule has 1 saturated carbocycles. The molecule has 1 N–H and O–H groups in total. The van der Waals surface area contributed by atoms with Crippen LogP contribution in [0, 0.1) is 0 Å². The first-order valence-corrected chi connectivity index (χ1v) is 7.61. The molecule has 0 heterocycles. The molecule has 1 aliphatic rings. The van der Waals surface area contributed by atoms with Gasteiger partial charge in [-0.15, -0.1) is 0 Å². The maximum atomic E-state index is 11.3. The third kappa shape index (κ3) is 2.74. The SMILES string of the molecule is CC(C)(C)c1cc(C=O)c(O)c(C2(C)CCCCC2)c1. The fourth-order valence-electron chi connectivity index (χ4n) is 3.24. The first-order chi connectivity index (χ1) is 9.28. The lowest BCUT2D eigenvalue weighted by Gasteiger charge is -2.36. The Kier molecular flexibility index (Phi) is 3.95. The zero-order valence-corrected chi connectivity index (χ0v) is 13.1. The van der Waals surface area contributed by atoms with Gasteiger partial charge in [-0.25, -0.2) is 0 Å². The predicted octanol–water partition coefficient (Wildman–Crippen LogP) is 4.72. The summed E-state index contributed by atoms with van der Waals surface area (Å²) in [6.45, 7) is 8.64. The predicted molar refractivity (Wildman–Crippen MR) is 82.6 cm³/mol. The number of phenols is 1. The highest BCUT2D eigenvalue weighted by Crippen LogP contribution is 2.45. The molecule has 1 aliphatic carbocycles. The second kappa shape index (κ2) is 5.23. The molecular formula is C18H26O2. The molecule has 0 saturated heterocycles. The van der Waals surface area contributed by atoms with E-state index in [1.807, 2.05) is 6.07 Å². The summed E-state index contributed by atoms with van der Waals surface area (Å²) >= 11 is 0. The maximum absolute atomic E-state index is 11.3. The summed E-state index contributed by atoms with van der Waals surface area (Å²) in [5, 5.41) is 10.5. The molecule has 0 aliphatic heterocycles. The average Bonchev–Trinajstić information content (AvgIpc) is 2.38. The van der Waals surface area contributed by atoms with E-state index in [9.17, 15) is 9.90 Å². The topological polar surface area (TPSA) is 37.3 Å². The van der Waals surface area contributed by atoms with Crippen molar-refractivity contribution in [1.29, 1.82) is 0 Å². The second-order valence-corrected chi connectivity index (χ2v) is 7.45. The molecule has 20 heavy (non-hydrogen) atoms. The van der Waals surface area contributed by atoms with E-state index < -0.39 is 0 Å². The van der Waals surface area contributed by atoms with Crippen LogP contribution in [0.2, 0.25) is 0 Å². The summed E-state index contributed by atoms with van der Waals surface area (Å²) < 4.78 is 0. The van der Waals surface area contributed by atoms with Crippen molar-refractivity contribution in [3.05, 3.63) is 28.8 Å². The van der Waals surface area contributed by atoms with Gasteiger partial charge in [0.2, 0.25) is 0 Å². The molecule has 0 amide bonds. The minimum atomic E-state index is -0.0226. The van der Waals surface area contributed by atoms with Gasteiger partial charge in [-0.3, -0.25) is 4.79 Å². The lowest BCUT2D eigenvalue weighted by molar-refractivity contribution is 0.112. The average molecular weight is 274 g/mol. The summed E-state index contributed by atoms with van der Waals surface area (Å²) in [5.74, 6) is 0.192. The van der Waals surface area contributed by atoms with Gasteiger partial charge in [0.25, 0.3) is 0 Å². The van der Waals surface area contributed by atoms with Gasteiger partial charge < -0.3 is 5.11 Å². The fourth-order valence-corrected chi connectivity index (χ4v) is 3.24.